The van der Waals surface area contributed by atoms with Gasteiger partial charge in [0.25, 0.3) is 11.9 Å². The third-order valence-corrected chi connectivity index (χ3v) is 1.35. The normalized spacial score (nSPS) is 9.40. The minimum absolute atomic E-state index is 0.169. The first kappa shape index (κ1) is 10.9. The van der Waals surface area contributed by atoms with Crippen molar-refractivity contribution in [1.82, 2.24) is 10.3 Å². The number of ether oxygens (including phenoxy) is 1. The first-order chi connectivity index (χ1) is 7.09. The molecule has 1 rings (SSSR count). The smallest absolute Gasteiger partial charge is 0.318 e. The fraction of sp³-hybridized carbons (Fsp3) is 0.125. The lowest BCUT2D eigenvalue weighted by molar-refractivity contribution is -0.121. The van der Waals surface area contributed by atoms with Crippen molar-refractivity contribution in [2.45, 2.75) is 0 Å². The maximum Gasteiger partial charge on any atom is 0.318 e. The van der Waals surface area contributed by atoms with E-state index in [9.17, 15) is 14.0 Å². The molecule has 0 saturated heterocycles. The molecule has 0 atom stereocenters. The molecule has 3 amide bonds. The molecule has 1 aromatic heterocycles. The Balaban J connectivity index is 2.47. The third-order valence-electron chi connectivity index (χ3n) is 1.35. The number of hydrogen-bond donors (Lipinski definition) is 2. The van der Waals surface area contributed by atoms with Gasteiger partial charge in [0.05, 0.1) is 0 Å². The molecule has 0 radical (unpaired) electrons. The minimum Gasteiger partial charge on any atom is -0.479 e. The highest BCUT2D eigenvalue weighted by atomic mass is 19.1. The molecule has 6 nitrogen and oxygen atoms in total. The molecule has 0 unspecified atom stereocenters. The van der Waals surface area contributed by atoms with Gasteiger partial charge >= 0.3 is 6.03 Å². The van der Waals surface area contributed by atoms with Gasteiger partial charge in [-0.25, -0.2) is 9.78 Å². The van der Waals surface area contributed by atoms with Crippen molar-refractivity contribution >= 4 is 11.9 Å². The summed E-state index contributed by atoms with van der Waals surface area (Å²) in [6, 6.07) is 1.76. The topological polar surface area (TPSA) is 94.3 Å². The lowest BCUT2D eigenvalue weighted by Gasteiger charge is -2.04. The Bertz CT molecular complexity index is 383. The van der Waals surface area contributed by atoms with Gasteiger partial charge in [-0.1, -0.05) is 0 Å². The maximum atomic E-state index is 12.8. The Hall–Kier alpha value is -2.18. The van der Waals surface area contributed by atoms with Crippen LogP contribution in [0, 0.1) is 5.95 Å². The first-order valence-electron chi connectivity index (χ1n) is 3.92. The summed E-state index contributed by atoms with van der Waals surface area (Å²) in [4.78, 5) is 24.4. The summed E-state index contributed by atoms with van der Waals surface area (Å²) in [6.07, 6.45) is 1.24. The number of primary amides is 1. The number of nitrogens with two attached hydrogens (primary N) is 1. The van der Waals surface area contributed by atoms with Crippen LogP contribution in [-0.2, 0) is 4.79 Å². The molecule has 15 heavy (non-hydrogen) atoms. The van der Waals surface area contributed by atoms with Crippen molar-refractivity contribution in [3.05, 3.63) is 24.3 Å². The number of halogens is 1. The largest absolute Gasteiger partial charge is 0.479 e. The van der Waals surface area contributed by atoms with Gasteiger partial charge in [0, 0.05) is 6.20 Å². The number of nitrogens with zero attached hydrogens (tertiary/aromatic N) is 1. The van der Waals surface area contributed by atoms with E-state index >= 15 is 0 Å². The first-order valence-corrected chi connectivity index (χ1v) is 3.92. The van der Waals surface area contributed by atoms with Crippen LogP contribution in [0.1, 0.15) is 0 Å². The summed E-state index contributed by atoms with van der Waals surface area (Å²) in [7, 11) is 0. The van der Waals surface area contributed by atoms with Crippen LogP contribution in [0.15, 0.2) is 18.3 Å². The molecule has 1 aromatic rings. The van der Waals surface area contributed by atoms with Gasteiger partial charge in [-0.15, -0.1) is 0 Å². The van der Waals surface area contributed by atoms with Crippen molar-refractivity contribution in [3.63, 3.8) is 0 Å². The Morgan fingerprint density at radius 3 is 2.93 bits per heavy atom. The van der Waals surface area contributed by atoms with Crippen LogP contribution in [0.4, 0.5) is 9.18 Å². The molecule has 0 fully saturated rings. The number of pyridine rings is 1. The van der Waals surface area contributed by atoms with E-state index < -0.39 is 24.5 Å². The lowest BCUT2D eigenvalue weighted by atomic mass is 10.4. The lowest BCUT2D eigenvalue weighted by Crippen LogP contribution is -2.38. The highest BCUT2D eigenvalue weighted by Gasteiger charge is 2.08. The van der Waals surface area contributed by atoms with Crippen LogP contribution in [0.3, 0.4) is 0 Å². The Morgan fingerprint density at radius 1 is 1.60 bits per heavy atom. The predicted octanol–water partition coefficient (Wildman–Crippen LogP) is -0.206. The van der Waals surface area contributed by atoms with Gasteiger partial charge in [-0.05, 0) is 12.1 Å². The second-order valence-corrected chi connectivity index (χ2v) is 2.49. The molecule has 0 aliphatic rings. The molecule has 0 aliphatic heterocycles. The van der Waals surface area contributed by atoms with E-state index in [1.54, 1.807) is 5.32 Å². The summed E-state index contributed by atoms with van der Waals surface area (Å²) in [6.45, 7) is -0.508. The number of hydrogen-bond acceptors (Lipinski definition) is 4. The van der Waals surface area contributed by atoms with E-state index in [0.29, 0.717) is 0 Å². The number of nitrogens with one attached hydrogen (secondary N) is 1. The van der Waals surface area contributed by atoms with Gasteiger partial charge in [-0.2, -0.15) is 4.39 Å². The van der Waals surface area contributed by atoms with E-state index in [4.69, 9.17) is 4.74 Å². The summed E-state index contributed by atoms with van der Waals surface area (Å²) in [5.41, 5.74) is 4.68. The number of urea groups is 1. The zero-order valence-corrected chi connectivity index (χ0v) is 7.57. The molecule has 0 bridgehead atoms. The van der Waals surface area contributed by atoms with Crippen molar-refractivity contribution < 1.29 is 18.7 Å². The monoisotopic (exact) mass is 213 g/mol. The molecule has 0 aromatic carbocycles. The van der Waals surface area contributed by atoms with Crippen LogP contribution in [-0.4, -0.2) is 23.5 Å². The molecular formula is C8H8FN3O3. The fourth-order valence-corrected chi connectivity index (χ4v) is 0.796. The third kappa shape index (κ3) is 3.59. The maximum absolute atomic E-state index is 12.8. The second-order valence-electron chi connectivity index (χ2n) is 2.49. The van der Waals surface area contributed by atoms with Crippen LogP contribution in [0.2, 0.25) is 0 Å². The highest BCUT2D eigenvalue weighted by Crippen LogP contribution is 2.12. The predicted molar refractivity (Wildman–Crippen MR) is 47.4 cm³/mol. The molecule has 0 saturated carbocycles. The zero-order valence-electron chi connectivity index (χ0n) is 7.57. The number of aromatic nitrogens is 1. The fourth-order valence-electron chi connectivity index (χ4n) is 0.796. The van der Waals surface area contributed by atoms with E-state index in [1.165, 1.54) is 18.3 Å². The van der Waals surface area contributed by atoms with Crippen molar-refractivity contribution in [2.24, 2.45) is 5.73 Å². The van der Waals surface area contributed by atoms with E-state index in [1.807, 2.05) is 0 Å². The SMILES string of the molecule is NC(=O)NC(=O)COc1cccnc1F. The molecular weight excluding hydrogens is 205 g/mol. The van der Waals surface area contributed by atoms with E-state index in [2.05, 4.69) is 10.7 Å². The van der Waals surface area contributed by atoms with Gasteiger partial charge in [0.15, 0.2) is 12.4 Å². The zero-order chi connectivity index (χ0) is 11.3. The molecule has 0 spiro atoms. The summed E-state index contributed by atoms with van der Waals surface area (Å²) >= 11 is 0. The molecule has 1 heterocycles. The summed E-state index contributed by atoms with van der Waals surface area (Å²) < 4.78 is 17.6. The molecule has 7 heteroatoms. The van der Waals surface area contributed by atoms with E-state index in [0.717, 1.165) is 0 Å². The average Bonchev–Trinajstić information content (AvgIpc) is 2.15. The van der Waals surface area contributed by atoms with E-state index in [-0.39, 0.29) is 5.75 Å². The van der Waals surface area contributed by atoms with Crippen molar-refractivity contribution in [3.8, 4) is 5.75 Å². The van der Waals surface area contributed by atoms with Crippen LogP contribution >= 0.6 is 0 Å². The van der Waals surface area contributed by atoms with Gasteiger partial charge in [0.2, 0.25) is 0 Å². The summed E-state index contributed by atoms with van der Waals surface area (Å²) in [5, 5.41) is 1.76. The van der Waals surface area contributed by atoms with Crippen LogP contribution in [0.25, 0.3) is 0 Å². The van der Waals surface area contributed by atoms with Gasteiger partial charge in [0.1, 0.15) is 0 Å². The highest BCUT2D eigenvalue weighted by molar-refractivity contribution is 5.94. The van der Waals surface area contributed by atoms with Crippen LogP contribution in [0.5, 0.6) is 5.75 Å². The number of carbonyl (C=O) groups excluding carboxylic acids is 2. The molecule has 3 N–H and O–H groups in total. The minimum atomic E-state index is -0.991. The van der Waals surface area contributed by atoms with Gasteiger partial charge < -0.3 is 10.5 Å². The second kappa shape index (κ2) is 4.89. The molecule has 80 valence electrons. The average molecular weight is 213 g/mol. The van der Waals surface area contributed by atoms with Crippen molar-refractivity contribution in [2.75, 3.05) is 6.61 Å². The number of carbonyl (C=O) groups is 2. The Labute approximate surface area is 84.2 Å². The van der Waals surface area contributed by atoms with Crippen LogP contribution < -0.4 is 15.8 Å². The number of rotatable bonds is 3. The Kier molecular flexibility index (Phi) is 3.55. The van der Waals surface area contributed by atoms with Gasteiger partial charge in [-0.3, -0.25) is 10.1 Å². The number of imide groups is 1. The summed E-state index contributed by atoms with van der Waals surface area (Å²) in [5.74, 6) is -1.76. The Morgan fingerprint density at radius 2 is 2.33 bits per heavy atom. The number of amides is 3. The quantitative estimate of drug-likeness (QED) is 0.679. The standard InChI is InChI=1S/C8H8FN3O3/c9-7-5(2-1-3-11-7)15-4-6(13)12-8(10)14/h1-3H,4H2,(H3,10,12,13,14). The van der Waals surface area contributed by atoms with Crippen molar-refractivity contribution in [1.29, 1.82) is 0 Å². The molecule has 0 aliphatic carbocycles.